The lowest BCUT2D eigenvalue weighted by atomic mass is 9.91. The monoisotopic (exact) mass is 645 g/mol. The van der Waals surface area contributed by atoms with Crippen LogP contribution in [0.1, 0.15) is 80.4 Å². The highest BCUT2D eigenvalue weighted by atomic mass is 32.1. The number of aryl methyl sites for hydroxylation is 2. The zero-order chi connectivity index (χ0) is 33.1. The fraction of sp³-hybridized carbons (Fsp3) is 0.382. The molecule has 2 aromatic carbocycles. The van der Waals surface area contributed by atoms with Crippen LogP contribution in [0.3, 0.4) is 0 Å². The quantitative estimate of drug-likeness (QED) is 0.143. The molecule has 242 valence electrons. The molecule has 0 saturated carbocycles. The fourth-order valence-electron chi connectivity index (χ4n) is 4.75. The second-order valence-corrected chi connectivity index (χ2v) is 13.5. The summed E-state index contributed by atoms with van der Waals surface area (Å²) in [5.41, 5.74) is 2.50. The van der Waals surface area contributed by atoms with Crippen molar-refractivity contribution in [1.29, 1.82) is 0 Å². The first kappa shape index (κ1) is 34.3. The van der Waals surface area contributed by atoms with Gasteiger partial charge in [-0.25, -0.2) is 4.39 Å². The summed E-state index contributed by atoms with van der Waals surface area (Å²) in [6.45, 7) is 7.62. The van der Waals surface area contributed by atoms with E-state index in [1.54, 1.807) is 25.1 Å². The second-order valence-electron chi connectivity index (χ2n) is 12.4. The number of carbonyl (C=O) groups is 3. The van der Waals surface area contributed by atoms with Gasteiger partial charge in [-0.15, -0.1) is 15.3 Å². The molecule has 0 radical (unpaired) electrons. The standard InChI is InChI=1S/C34H40FN7O3S/c1-22(36-31(45)21-34(2,3)4)26-18-24(14-16-27(26)35)20-29(43)37-28-17-15-25(39-40-28)12-8-9-13-32-41-42-33(46-32)38-30(44)19-23-10-6-5-7-11-23/h5-7,10-11,14-18,22H,8-9,12-13,19-21H2,1-4H3,(H,36,45)(H,37,40,43)(H,38,42,44). The van der Waals surface area contributed by atoms with Gasteiger partial charge in [-0.05, 0) is 60.9 Å². The molecule has 10 nitrogen and oxygen atoms in total. The van der Waals surface area contributed by atoms with Gasteiger partial charge in [-0.3, -0.25) is 14.4 Å². The zero-order valence-corrected chi connectivity index (χ0v) is 27.4. The summed E-state index contributed by atoms with van der Waals surface area (Å²) in [6.07, 6.45) is 3.80. The number of hydrogen-bond donors (Lipinski definition) is 3. The molecule has 0 fully saturated rings. The molecule has 0 aliphatic carbocycles. The van der Waals surface area contributed by atoms with Crippen LogP contribution in [0.4, 0.5) is 15.3 Å². The van der Waals surface area contributed by atoms with Crippen LogP contribution in [0.2, 0.25) is 0 Å². The van der Waals surface area contributed by atoms with Gasteiger partial charge in [0.25, 0.3) is 0 Å². The van der Waals surface area contributed by atoms with Crippen LogP contribution in [0.25, 0.3) is 0 Å². The van der Waals surface area contributed by atoms with Gasteiger partial charge in [-0.2, -0.15) is 5.10 Å². The third kappa shape index (κ3) is 11.4. The van der Waals surface area contributed by atoms with E-state index in [4.69, 9.17) is 0 Å². The zero-order valence-electron chi connectivity index (χ0n) is 26.6. The number of aromatic nitrogens is 4. The van der Waals surface area contributed by atoms with Gasteiger partial charge in [0, 0.05) is 18.4 Å². The number of rotatable bonds is 14. The van der Waals surface area contributed by atoms with Crippen molar-refractivity contribution < 1.29 is 18.8 Å². The normalized spacial score (nSPS) is 11.9. The van der Waals surface area contributed by atoms with Crippen LogP contribution in [-0.4, -0.2) is 38.1 Å². The van der Waals surface area contributed by atoms with E-state index in [-0.39, 0.29) is 36.0 Å². The molecule has 2 aromatic heterocycles. The Morgan fingerprint density at radius 1 is 0.804 bits per heavy atom. The molecule has 46 heavy (non-hydrogen) atoms. The first-order chi connectivity index (χ1) is 21.9. The Morgan fingerprint density at radius 3 is 2.24 bits per heavy atom. The van der Waals surface area contributed by atoms with E-state index in [0.717, 1.165) is 35.5 Å². The molecule has 0 aliphatic heterocycles. The number of nitrogens with one attached hydrogen (secondary N) is 3. The SMILES string of the molecule is CC(NC(=O)CC(C)(C)C)c1cc(CC(=O)Nc2ccc(CCCCc3nnc(NC(=O)Cc4ccccc4)s3)nn2)ccc1F. The highest BCUT2D eigenvalue weighted by molar-refractivity contribution is 7.15. The van der Waals surface area contributed by atoms with Crippen LogP contribution in [0.15, 0.2) is 60.7 Å². The summed E-state index contributed by atoms with van der Waals surface area (Å²) in [5.74, 6) is -0.700. The summed E-state index contributed by atoms with van der Waals surface area (Å²) < 4.78 is 14.5. The lowest BCUT2D eigenvalue weighted by Crippen LogP contribution is -2.30. The fourth-order valence-corrected chi connectivity index (χ4v) is 5.55. The summed E-state index contributed by atoms with van der Waals surface area (Å²) in [6, 6.07) is 17.0. The van der Waals surface area contributed by atoms with E-state index in [1.807, 2.05) is 57.2 Å². The molecular formula is C34H40FN7O3S. The van der Waals surface area contributed by atoms with E-state index in [1.165, 1.54) is 17.4 Å². The van der Waals surface area contributed by atoms with Crippen molar-refractivity contribution >= 4 is 40.0 Å². The van der Waals surface area contributed by atoms with Crippen molar-refractivity contribution in [3.05, 3.63) is 93.9 Å². The maximum atomic E-state index is 14.5. The van der Waals surface area contributed by atoms with E-state index in [2.05, 4.69) is 36.3 Å². The van der Waals surface area contributed by atoms with Crippen LogP contribution in [0.5, 0.6) is 0 Å². The van der Waals surface area contributed by atoms with E-state index < -0.39 is 11.9 Å². The highest BCUT2D eigenvalue weighted by Gasteiger charge is 2.20. The van der Waals surface area contributed by atoms with Crippen molar-refractivity contribution in [3.63, 3.8) is 0 Å². The Kier molecular flexibility index (Phi) is 12.0. The van der Waals surface area contributed by atoms with Gasteiger partial charge in [0.2, 0.25) is 22.9 Å². The molecule has 0 spiro atoms. The van der Waals surface area contributed by atoms with Crippen molar-refractivity contribution in [1.82, 2.24) is 25.7 Å². The molecule has 0 saturated heterocycles. The average molecular weight is 646 g/mol. The number of hydrogen-bond acceptors (Lipinski definition) is 8. The number of nitrogens with zero attached hydrogens (tertiary/aromatic N) is 4. The molecule has 1 atom stereocenters. The molecule has 12 heteroatoms. The van der Waals surface area contributed by atoms with Crippen molar-refractivity contribution in [2.75, 3.05) is 10.6 Å². The topological polar surface area (TPSA) is 139 Å². The number of carbonyl (C=O) groups excluding carboxylic acids is 3. The molecule has 0 bridgehead atoms. The number of unbranched alkanes of at least 4 members (excludes halogenated alkanes) is 1. The maximum absolute atomic E-state index is 14.5. The van der Waals surface area contributed by atoms with Crippen LogP contribution >= 0.6 is 11.3 Å². The molecule has 2 heterocycles. The maximum Gasteiger partial charge on any atom is 0.230 e. The van der Waals surface area contributed by atoms with Crippen molar-refractivity contribution in [3.8, 4) is 0 Å². The van der Waals surface area contributed by atoms with E-state index in [0.29, 0.717) is 34.9 Å². The highest BCUT2D eigenvalue weighted by Crippen LogP contribution is 2.23. The number of halogens is 1. The minimum absolute atomic E-state index is 0.0173. The van der Waals surface area contributed by atoms with Crippen LogP contribution < -0.4 is 16.0 Å². The molecule has 4 aromatic rings. The first-order valence-corrected chi connectivity index (χ1v) is 16.1. The smallest absolute Gasteiger partial charge is 0.230 e. The Balaban J connectivity index is 1.18. The average Bonchev–Trinajstić information content (AvgIpc) is 3.43. The second kappa shape index (κ2) is 16.1. The van der Waals surface area contributed by atoms with Gasteiger partial charge in [-0.1, -0.05) is 74.6 Å². The van der Waals surface area contributed by atoms with Crippen LogP contribution in [-0.2, 0) is 40.1 Å². The molecule has 0 aliphatic rings. The minimum Gasteiger partial charge on any atom is -0.349 e. The minimum atomic E-state index is -0.537. The van der Waals surface area contributed by atoms with Gasteiger partial charge in [0.15, 0.2) is 5.82 Å². The van der Waals surface area contributed by atoms with Gasteiger partial charge < -0.3 is 16.0 Å². The first-order valence-electron chi connectivity index (χ1n) is 15.3. The largest absolute Gasteiger partial charge is 0.349 e. The lowest BCUT2D eigenvalue weighted by Gasteiger charge is -2.21. The summed E-state index contributed by atoms with van der Waals surface area (Å²) >= 11 is 1.38. The Bertz CT molecular complexity index is 1620. The Hall–Kier alpha value is -4.58. The van der Waals surface area contributed by atoms with Gasteiger partial charge >= 0.3 is 0 Å². The van der Waals surface area contributed by atoms with Gasteiger partial charge in [0.1, 0.15) is 10.8 Å². The van der Waals surface area contributed by atoms with E-state index >= 15 is 0 Å². The molecule has 3 N–H and O–H groups in total. The van der Waals surface area contributed by atoms with Gasteiger partial charge in [0.05, 0.1) is 24.6 Å². The number of amides is 3. The number of benzene rings is 2. The third-order valence-corrected chi connectivity index (χ3v) is 7.84. The predicted octanol–water partition coefficient (Wildman–Crippen LogP) is 6.01. The molecule has 1 unspecified atom stereocenters. The molecule has 4 rings (SSSR count). The Labute approximate surface area is 272 Å². The third-order valence-electron chi connectivity index (χ3n) is 6.94. The Morgan fingerprint density at radius 2 is 1.52 bits per heavy atom. The molecular weight excluding hydrogens is 605 g/mol. The van der Waals surface area contributed by atoms with Crippen LogP contribution in [0, 0.1) is 11.2 Å². The number of anilines is 2. The predicted molar refractivity (Wildman–Crippen MR) is 177 cm³/mol. The van der Waals surface area contributed by atoms with Crippen molar-refractivity contribution in [2.24, 2.45) is 5.41 Å². The van der Waals surface area contributed by atoms with Crippen molar-refractivity contribution in [2.45, 2.75) is 78.7 Å². The summed E-state index contributed by atoms with van der Waals surface area (Å²) in [7, 11) is 0. The molecule has 3 amide bonds. The lowest BCUT2D eigenvalue weighted by molar-refractivity contribution is -0.123. The summed E-state index contributed by atoms with van der Waals surface area (Å²) in [5, 5.41) is 26.4. The van der Waals surface area contributed by atoms with E-state index in [9.17, 15) is 18.8 Å². The summed E-state index contributed by atoms with van der Waals surface area (Å²) in [4.78, 5) is 37.3.